The molecule has 1 aromatic heterocycles. The SMILES string of the molecule is Cc1ccc(-c2nnc(C(C)N(C)Cc3ccccc3Cl)o2)cc1. The smallest absolute Gasteiger partial charge is 0.247 e. The van der Waals surface area contributed by atoms with E-state index in [0.717, 1.165) is 16.1 Å². The molecule has 0 saturated carbocycles. The van der Waals surface area contributed by atoms with Gasteiger partial charge in [-0.05, 0) is 44.7 Å². The van der Waals surface area contributed by atoms with Crippen LogP contribution in [0, 0.1) is 6.92 Å². The van der Waals surface area contributed by atoms with Crippen LogP contribution in [0.4, 0.5) is 0 Å². The average Bonchev–Trinajstić information content (AvgIpc) is 3.07. The summed E-state index contributed by atoms with van der Waals surface area (Å²) in [6.07, 6.45) is 0. The molecule has 0 spiro atoms. The molecule has 0 fully saturated rings. The highest BCUT2D eigenvalue weighted by atomic mass is 35.5. The van der Waals surface area contributed by atoms with Crippen molar-refractivity contribution in [2.24, 2.45) is 0 Å². The van der Waals surface area contributed by atoms with Gasteiger partial charge in [0.05, 0.1) is 6.04 Å². The van der Waals surface area contributed by atoms with Crippen molar-refractivity contribution >= 4 is 11.6 Å². The van der Waals surface area contributed by atoms with Crippen LogP contribution in [0.2, 0.25) is 5.02 Å². The van der Waals surface area contributed by atoms with Gasteiger partial charge in [0.1, 0.15) is 0 Å². The Morgan fingerprint density at radius 2 is 1.79 bits per heavy atom. The molecule has 3 aromatic rings. The number of hydrogen-bond donors (Lipinski definition) is 0. The Balaban J connectivity index is 1.74. The summed E-state index contributed by atoms with van der Waals surface area (Å²) in [4.78, 5) is 2.13. The summed E-state index contributed by atoms with van der Waals surface area (Å²) in [5.41, 5.74) is 3.21. The molecule has 0 amide bonds. The summed E-state index contributed by atoms with van der Waals surface area (Å²) < 4.78 is 5.86. The Hall–Kier alpha value is -2.17. The number of aryl methyl sites for hydroxylation is 1. The number of nitrogens with zero attached hydrogens (tertiary/aromatic N) is 3. The maximum atomic E-state index is 6.24. The molecule has 0 N–H and O–H groups in total. The summed E-state index contributed by atoms with van der Waals surface area (Å²) in [5.74, 6) is 1.14. The Morgan fingerprint density at radius 3 is 2.50 bits per heavy atom. The molecule has 124 valence electrons. The number of hydrogen-bond acceptors (Lipinski definition) is 4. The number of aromatic nitrogens is 2. The van der Waals surface area contributed by atoms with Crippen molar-refractivity contribution in [1.82, 2.24) is 15.1 Å². The molecule has 0 saturated heterocycles. The summed E-state index contributed by atoms with van der Waals surface area (Å²) >= 11 is 6.24. The lowest BCUT2D eigenvalue weighted by Crippen LogP contribution is -2.22. The summed E-state index contributed by atoms with van der Waals surface area (Å²) in [6.45, 7) is 4.81. The third-order valence-electron chi connectivity index (χ3n) is 4.14. The van der Waals surface area contributed by atoms with Crippen molar-refractivity contribution in [2.75, 3.05) is 7.05 Å². The quantitative estimate of drug-likeness (QED) is 0.662. The van der Waals surface area contributed by atoms with Crippen LogP contribution in [0.3, 0.4) is 0 Å². The Morgan fingerprint density at radius 1 is 1.08 bits per heavy atom. The fourth-order valence-corrected chi connectivity index (χ4v) is 2.63. The predicted octanol–water partition coefficient (Wildman–Crippen LogP) is 4.89. The van der Waals surface area contributed by atoms with Crippen LogP contribution in [0.1, 0.15) is 30.0 Å². The van der Waals surface area contributed by atoms with E-state index < -0.39 is 0 Å². The highest BCUT2D eigenvalue weighted by molar-refractivity contribution is 6.31. The molecule has 0 aliphatic carbocycles. The summed E-state index contributed by atoms with van der Waals surface area (Å²) in [7, 11) is 2.02. The monoisotopic (exact) mass is 341 g/mol. The van der Waals surface area contributed by atoms with Crippen LogP contribution in [-0.2, 0) is 6.54 Å². The van der Waals surface area contributed by atoms with Gasteiger partial charge in [-0.25, -0.2) is 0 Å². The summed E-state index contributed by atoms with van der Waals surface area (Å²) in [6, 6.07) is 15.9. The van der Waals surface area contributed by atoms with E-state index in [9.17, 15) is 0 Å². The Kier molecular flexibility index (Phi) is 4.97. The second-order valence-electron chi connectivity index (χ2n) is 5.99. The molecule has 0 bridgehead atoms. The fraction of sp³-hybridized carbons (Fsp3) is 0.263. The van der Waals surface area contributed by atoms with Crippen LogP contribution < -0.4 is 0 Å². The molecule has 2 aromatic carbocycles. The van der Waals surface area contributed by atoms with Gasteiger partial charge in [0, 0.05) is 17.1 Å². The van der Waals surface area contributed by atoms with E-state index in [1.807, 2.05) is 62.5 Å². The van der Waals surface area contributed by atoms with Gasteiger partial charge in [-0.1, -0.05) is 47.5 Å². The van der Waals surface area contributed by atoms with Crippen LogP contribution in [0.15, 0.2) is 52.9 Å². The topological polar surface area (TPSA) is 42.2 Å². The first kappa shape index (κ1) is 16.7. The van der Waals surface area contributed by atoms with E-state index >= 15 is 0 Å². The molecule has 4 nitrogen and oxygen atoms in total. The van der Waals surface area contributed by atoms with Gasteiger partial charge in [0.15, 0.2) is 0 Å². The maximum Gasteiger partial charge on any atom is 0.247 e. The van der Waals surface area contributed by atoms with Crippen molar-refractivity contribution in [3.05, 3.63) is 70.6 Å². The van der Waals surface area contributed by atoms with E-state index in [4.69, 9.17) is 16.0 Å². The predicted molar refractivity (Wildman–Crippen MR) is 95.8 cm³/mol. The van der Waals surface area contributed by atoms with Gasteiger partial charge in [-0.3, -0.25) is 4.90 Å². The molecule has 0 aliphatic rings. The zero-order valence-corrected chi connectivity index (χ0v) is 14.8. The first-order valence-corrected chi connectivity index (χ1v) is 8.26. The van der Waals surface area contributed by atoms with Crippen molar-refractivity contribution in [3.63, 3.8) is 0 Å². The van der Waals surface area contributed by atoms with Crippen molar-refractivity contribution in [3.8, 4) is 11.5 Å². The van der Waals surface area contributed by atoms with Gasteiger partial charge in [-0.15, -0.1) is 10.2 Å². The minimum atomic E-state index is -0.00651. The molecule has 1 heterocycles. The molecule has 0 radical (unpaired) electrons. The standard InChI is InChI=1S/C19H20ClN3O/c1-13-8-10-15(11-9-13)19-22-21-18(24-19)14(2)23(3)12-16-6-4-5-7-17(16)20/h4-11,14H,12H2,1-3H3. The van der Waals surface area contributed by atoms with Gasteiger partial charge in [0.2, 0.25) is 11.8 Å². The highest BCUT2D eigenvalue weighted by Crippen LogP contribution is 2.25. The molecule has 3 rings (SSSR count). The second-order valence-corrected chi connectivity index (χ2v) is 6.40. The number of rotatable bonds is 5. The average molecular weight is 342 g/mol. The van der Waals surface area contributed by atoms with Crippen molar-refractivity contribution in [2.45, 2.75) is 26.4 Å². The normalized spacial score (nSPS) is 12.5. The van der Waals surface area contributed by atoms with Crippen LogP contribution >= 0.6 is 11.6 Å². The third-order valence-corrected chi connectivity index (χ3v) is 4.50. The van der Waals surface area contributed by atoms with Gasteiger partial charge in [-0.2, -0.15) is 0 Å². The molecule has 24 heavy (non-hydrogen) atoms. The lowest BCUT2D eigenvalue weighted by molar-refractivity contribution is 0.218. The lowest BCUT2D eigenvalue weighted by atomic mass is 10.1. The van der Waals surface area contributed by atoms with Crippen molar-refractivity contribution < 1.29 is 4.42 Å². The highest BCUT2D eigenvalue weighted by Gasteiger charge is 2.19. The van der Waals surface area contributed by atoms with Gasteiger partial charge < -0.3 is 4.42 Å². The molecule has 1 unspecified atom stereocenters. The second kappa shape index (κ2) is 7.16. The number of halogens is 1. The molecular weight excluding hydrogens is 322 g/mol. The largest absolute Gasteiger partial charge is 0.419 e. The first-order valence-electron chi connectivity index (χ1n) is 7.88. The Bertz CT molecular complexity index is 813. The third kappa shape index (κ3) is 3.66. The maximum absolute atomic E-state index is 6.24. The Labute approximate surface area is 147 Å². The van der Waals surface area contributed by atoms with Gasteiger partial charge >= 0.3 is 0 Å². The minimum Gasteiger partial charge on any atom is -0.419 e. The minimum absolute atomic E-state index is 0.00651. The summed E-state index contributed by atoms with van der Waals surface area (Å²) in [5, 5.41) is 9.15. The van der Waals surface area contributed by atoms with E-state index in [-0.39, 0.29) is 6.04 Å². The van der Waals surface area contributed by atoms with E-state index in [0.29, 0.717) is 18.3 Å². The molecule has 1 atom stereocenters. The van der Waals surface area contributed by atoms with Crippen LogP contribution in [0.5, 0.6) is 0 Å². The first-order chi connectivity index (χ1) is 11.5. The van der Waals surface area contributed by atoms with Crippen molar-refractivity contribution in [1.29, 1.82) is 0 Å². The zero-order valence-electron chi connectivity index (χ0n) is 14.0. The molecule has 0 aliphatic heterocycles. The van der Waals surface area contributed by atoms with Gasteiger partial charge in [0.25, 0.3) is 0 Å². The fourth-order valence-electron chi connectivity index (χ4n) is 2.44. The molecule has 5 heteroatoms. The zero-order chi connectivity index (χ0) is 17.1. The van der Waals surface area contributed by atoms with E-state index in [1.165, 1.54) is 5.56 Å². The van der Waals surface area contributed by atoms with E-state index in [1.54, 1.807) is 0 Å². The van der Waals surface area contributed by atoms with Crippen LogP contribution in [0.25, 0.3) is 11.5 Å². The lowest BCUT2D eigenvalue weighted by Gasteiger charge is -2.22. The van der Waals surface area contributed by atoms with Crippen LogP contribution in [-0.4, -0.2) is 22.1 Å². The molecular formula is C19H20ClN3O. The number of benzene rings is 2. The van der Waals surface area contributed by atoms with E-state index in [2.05, 4.69) is 22.0 Å².